The number of hydrogen-bond acceptors (Lipinski definition) is 8. The third kappa shape index (κ3) is 8.95. The topological polar surface area (TPSA) is 140 Å². The van der Waals surface area contributed by atoms with Gasteiger partial charge in [0.2, 0.25) is 10.0 Å². The molecule has 1 aromatic carbocycles. The number of carbonyl (C=O) groups excluding carboxylic acids is 3. The average Bonchev–Trinajstić information content (AvgIpc) is 3.32. The molecule has 1 aromatic rings. The Balaban J connectivity index is 1.98. The molecular weight excluding hydrogens is 450 g/mol. The quantitative estimate of drug-likeness (QED) is 0.177. The highest BCUT2D eigenvalue weighted by molar-refractivity contribution is 7.89. The van der Waals surface area contributed by atoms with Crippen LogP contribution in [0.15, 0.2) is 41.8 Å². The van der Waals surface area contributed by atoms with Crippen LogP contribution in [0.2, 0.25) is 0 Å². The molecule has 1 fully saturated rings. The fourth-order valence-electron chi connectivity index (χ4n) is 3.17. The van der Waals surface area contributed by atoms with Gasteiger partial charge in [-0.05, 0) is 57.7 Å². The van der Waals surface area contributed by atoms with E-state index in [4.69, 9.17) is 9.47 Å². The van der Waals surface area contributed by atoms with E-state index in [9.17, 15) is 22.8 Å². The molecule has 182 valence electrons. The first-order valence-electron chi connectivity index (χ1n) is 10.8. The number of aryl methyl sites for hydroxylation is 1. The minimum atomic E-state index is -4.02. The van der Waals surface area contributed by atoms with Gasteiger partial charge in [0.15, 0.2) is 0 Å². The summed E-state index contributed by atoms with van der Waals surface area (Å²) in [7, 11) is -4.02. The zero-order valence-electron chi connectivity index (χ0n) is 18.7. The number of amides is 1. The Bertz CT molecular complexity index is 926. The summed E-state index contributed by atoms with van der Waals surface area (Å²) in [6, 6.07) is 4.34. The van der Waals surface area contributed by atoms with Gasteiger partial charge in [-0.2, -0.15) is 4.72 Å². The van der Waals surface area contributed by atoms with Gasteiger partial charge >= 0.3 is 18.0 Å². The van der Waals surface area contributed by atoms with Crippen LogP contribution in [0.3, 0.4) is 0 Å². The van der Waals surface area contributed by atoms with Crippen molar-refractivity contribution in [2.45, 2.75) is 56.0 Å². The molecule has 1 saturated heterocycles. The Labute approximate surface area is 194 Å². The second-order valence-corrected chi connectivity index (χ2v) is 9.40. The first-order chi connectivity index (χ1) is 15.7. The molecule has 0 saturated carbocycles. The molecule has 0 unspecified atom stereocenters. The van der Waals surface area contributed by atoms with Crippen LogP contribution in [0.5, 0.6) is 0 Å². The molecule has 11 heteroatoms. The predicted molar refractivity (Wildman–Crippen MR) is 121 cm³/mol. The fourth-order valence-corrected chi connectivity index (χ4v) is 4.39. The molecule has 2 atom stereocenters. The van der Waals surface area contributed by atoms with Gasteiger partial charge in [-0.15, -0.1) is 0 Å². The fraction of sp³-hybridized carbons (Fsp3) is 0.500. The van der Waals surface area contributed by atoms with E-state index in [1.807, 2.05) is 6.92 Å². The van der Waals surface area contributed by atoms with Crippen molar-refractivity contribution in [2.24, 2.45) is 0 Å². The van der Waals surface area contributed by atoms with Gasteiger partial charge in [0.05, 0.1) is 4.90 Å². The van der Waals surface area contributed by atoms with E-state index in [0.29, 0.717) is 25.8 Å². The largest absolute Gasteiger partial charge is 0.445 e. The van der Waals surface area contributed by atoms with Crippen LogP contribution in [-0.2, 0) is 29.1 Å². The highest BCUT2D eigenvalue weighted by Crippen LogP contribution is 2.14. The number of unbranched alkanes of at least 4 members (excludes halogenated alkanes) is 1. The van der Waals surface area contributed by atoms with Gasteiger partial charge in [-0.3, -0.25) is 0 Å². The van der Waals surface area contributed by atoms with Gasteiger partial charge in [0.1, 0.15) is 18.7 Å². The minimum absolute atomic E-state index is 0.00122. The van der Waals surface area contributed by atoms with Crippen LogP contribution in [-0.4, -0.2) is 58.2 Å². The third-order valence-electron chi connectivity index (χ3n) is 4.98. The van der Waals surface area contributed by atoms with E-state index in [1.165, 1.54) is 18.2 Å². The lowest BCUT2D eigenvalue weighted by Gasteiger charge is -2.18. The predicted octanol–water partition coefficient (Wildman–Crippen LogP) is 1.55. The lowest BCUT2D eigenvalue weighted by atomic mass is 10.1. The number of carbonyl (C=O) groups is 3. The zero-order valence-corrected chi connectivity index (χ0v) is 19.5. The second-order valence-electron chi connectivity index (χ2n) is 7.69. The van der Waals surface area contributed by atoms with Crippen molar-refractivity contribution >= 4 is 28.1 Å². The summed E-state index contributed by atoms with van der Waals surface area (Å²) in [4.78, 5) is 36.3. The van der Waals surface area contributed by atoms with Crippen LogP contribution < -0.4 is 15.4 Å². The summed E-state index contributed by atoms with van der Waals surface area (Å²) in [5.41, 5.74) is 0.888. The Morgan fingerprint density at radius 3 is 2.61 bits per heavy atom. The van der Waals surface area contributed by atoms with E-state index in [2.05, 4.69) is 21.9 Å². The standard InChI is InChI=1S/C22H31N3O7S/c1-3-15-31-22(28)24-13-5-4-7-19(21(27)32-20(26)18-8-6-14-23-18)25-33(29,30)17-11-9-16(2)10-12-17/h3,9-12,18-19,23,25H,1,4-8,13-15H2,2H3,(H,24,28)/t18-,19-/m0/s1. The van der Waals surface area contributed by atoms with Crippen molar-refractivity contribution in [2.75, 3.05) is 19.7 Å². The van der Waals surface area contributed by atoms with Gasteiger partial charge in [-0.25, -0.2) is 22.8 Å². The van der Waals surface area contributed by atoms with Crippen molar-refractivity contribution < 1.29 is 32.3 Å². The smallest absolute Gasteiger partial charge is 0.407 e. The molecule has 0 aliphatic carbocycles. The molecule has 3 N–H and O–H groups in total. The molecule has 1 heterocycles. The maximum atomic E-state index is 12.8. The van der Waals surface area contributed by atoms with Gasteiger partial charge in [-0.1, -0.05) is 30.4 Å². The average molecular weight is 482 g/mol. The van der Waals surface area contributed by atoms with Crippen LogP contribution in [0, 0.1) is 6.92 Å². The number of rotatable bonds is 12. The summed E-state index contributed by atoms with van der Waals surface area (Å²) in [6.07, 6.45) is 3.11. The Morgan fingerprint density at radius 2 is 1.97 bits per heavy atom. The zero-order chi connectivity index (χ0) is 24.3. The van der Waals surface area contributed by atoms with Crippen molar-refractivity contribution in [1.29, 1.82) is 0 Å². The van der Waals surface area contributed by atoms with Gasteiger partial charge in [0, 0.05) is 6.54 Å². The normalized spacial score (nSPS) is 16.6. The Morgan fingerprint density at radius 1 is 1.24 bits per heavy atom. The number of benzene rings is 1. The molecule has 0 spiro atoms. The van der Waals surface area contributed by atoms with Crippen molar-refractivity contribution in [3.63, 3.8) is 0 Å². The SMILES string of the molecule is C=CCOC(=O)NCCCC[C@H](NS(=O)(=O)c1ccc(C)cc1)C(=O)OC(=O)[C@@H]1CCCN1. The first kappa shape index (κ1) is 26.5. The van der Waals surface area contributed by atoms with Crippen molar-refractivity contribution in [3.8, 4) is 0 Å². The minimum Gasteiger partial charge on any atom is -0.445 e. The lowest BCUT2D eigenvalue weighted by molar-refractivity contribution is -0.162. The van der Waals surface area contributed by atoms with E-state index in [-0.39, 0.29) is 24.5 Å². The first-order valence-corrected chi connectivity index (χ1v) is 12.3. The molecule has 0 aromatic heterocycles. The Hall–Kier alpha value is -2.76. The third-order valence-corrected chi connectivity index (χ3v) is 6.47. The van der Waals surface area contributed by atoms with Crippen LogP contribution in [0.1, 0.15) is 37.7 Å². The molecule has 1 aliphatic rings. The van der Waals surface area contributed by atoms with Crippen molar-refractivity contribution in [3.05, 3.63) is 42.5 Å². The summed E-state index contributed by atoms with van der Waals surface area (Å²) < 4.78 is 37.7. The molecule has 0 radical (unpaired) electrons. The van der Waals surface area contributed by atoms with E-state index in [1.54, 1.807) is 12.1 Å². The van der Waals surface area contributed by atoms with E-state index >= 15 is 0 Å². The Kier molecular flexibility index (Phi) is 10.5. The van der Waals surface area contributed by atoms with E-state index in [0.717, 1.165) is 12.0 Å². The summed E-state index contributed by atoms with van der Waals surface area (Å²) >= 11 is 0. The molecule has 0 bridgehead atoms. The summed E-state index contributed by atoms with van der Waals surface area (Å²) in [5, 5.41) is 5.48. The highest BCUT2D eigenvalue weighted by Gasteiger charge is 2.31. The number of nitrogens with one attached hydrogen (secondary N) is 3. The summed E-state index contributed by atoms with van der Waals surface area (Å²) in [5.74, 6) is -1.67. The summed E-state index contributed by atoms with van der Waals surface area (Å²) in [6.45, 7) is 6.28. The number of alkyl carbamates (subject to hydrolysis) is 1. The molecule has 1 amide bonds. The number of hydrogen-bond donors (Lipinski definition) is 3. The second kappa shape index (κ2) is 13.1. The number of ether oxygens (including phenoxy) is 2. The van der Waals surface area contributed by atoms with Crippen molar-refractivity contribution in [1.82, 2.24) is 15.4 Å². The monoisotopic (exact) mass is 481 g/mol. The maximum Gasteiger partial charge on any atom is 0.407 e. The van der Waals surface area contributed by atoms with Gasteiger partial charge in [0.25, 0.3) is 0 Å². The van der Waals surface area contributed by atoms with Gasteiger partial charge < -0.3 is 20.1 Å². The highest BCUT2D eigenvalue weighted by atomic mass is 32.2. The molecule has 33 heavy (non-hydrogen) atoms. The lowest BCUT2D eigenvalue weighted by Crippen LogP contribution is -2.44. The molecule has 10 nitrogen and oxygen atoms in total. The number of sulfonamides is 1. The molecular formula is C22H31N3O7S. The molecule has 1 aliphatic heterocycles. The van der Waals surface area contributed by atoms with E-state index < -0.39 is 40.1 Å². The van der Waals surface area contributed by atoms with Crippen LogP contribution in [0.4, 0.5) is 4.79 Å². The number of esters is 2. The van der Waals surface area contributed by atoms with Crippen LogP contribution in [0.25, 0.3) is 0 Å². The van der Waals surface area contributed by atoms with Crippen LogP contribution >= 0.6 is 0 Å². The maximum absolute atomic E-state index is 12.8. The molecule has 2 rings (SSSR count).